The van der Waals surface area contributed by atoms with Gasteiger partial charge in [-0.3, -0.25) is 0 Å². The van der Waals surface area contributed by atoms with E-state index in [-0.39, 0.29) is 11.3 Å². The van der Waals surface area contributed by atoms with Crippen LogP contribution < -0.4 is 5.73 Å². The summed E-state index contributed by atoms with van der Waals surface area (Å²) >= 11 is 7.01. The molecule has 2 rings (SSSR count). The fourth-order valence-electron chi connectivity index (χ4n) is 1.34. The second-order valence-corrected chi connectivity index (χ2v) is 4.93. The van der Waals surface area contributed by atoms with E-state index >= 15 is 0 Å². The van der Waals surface area contributed by atoms with Gasteiger partial charge in [0.15, 0.2) is 0 Å². The number of nitrogen functional groups attached to an aromatic ring is 1. The van der Waals surface area contributed by atoms with Crippen molar-refractivity contribution in [1.82, 2.24) is 9.97 Å². The van der Waals surface area contributed by atoms with Gasteiger partial charge in [-0.2, -0.15) is 0 Å². The van der Waals surface area contributed by atoms with Gasteiger partial charge >= 0.3 is 5.97 Å². The average Bonchev–Trinajstić information content (AvgIpc) is 2.43. The molecule has 2 aromatic rings. The van der Waals surface area contributed by atoms with E-state index in [1.807, 2.05) is 0 Å². The van der Waals surface area contributed by atoms with Crippen molar-refractivity contribution in [1.29, 1.82) is 0 Å². The van der Waals surface area contributed by atoms with Crippen molar-refractivity contribution in [3.63, 3.8) is 0 Å². The normalized spacial score (nSPS) is 10.2. The van der Waals surface area contributed by atoms with E-state index < -0.39 is 5.97 Å². The first-order valence-corrected chi connectivity index (χ1v) is 6.43. The van der Waals surface area contributed by atoms with E-state index in [1.54, 1.807) is 12.1 Å². The van der Waals surface area contributed by atoms with E-state index in [0.717, 1.165) is 0 Å². The van der Waals surface area contributed by atoms with Crippen molar-refractivity contribution in [2.75, 3.05) is 12.8 Å². The third kappa shape index (κ3) is 3.15. The molecule has 0 atom stereocenters. The number of methoxy groups -OCH3 is 1. The van der Waals surface area contributed by atoms with E-state index in [1.165, 1.54) is 37.3 Å². The van der Waals surface area contributed by atoms with Gasteiger partial charge in [0.05, 0.1) is 23.4 Å². The van der Waals surface area contributed by atoms with Gasteiger partial charge in [0, 0.05) is 12.4 Å². The standard InChI is InChI=1S/C12H10ClN3O2S/c1-18-12(17)8-4-5-15-11(10(8)14)19-9-3-2-7(13)6-16-9/h2-6H,14H2,1H3. The summed E-state index contributed by atoms with van der Waals surface area (Å²) in [7, 11) is 1.30. The largest absolute Gasteiger partial charge is 0.465 e. The van der Waals surface area contributed by atoms with E-state index in [9.17, 15) is 4.79 Å². The van der Waals surface area contributed by atoms with E-state index in [0.29, 0.717) is 15.1 Å². The highest BCUT2D eigenvalue weighted by Crippen LogP contribution is 2.31. The van der Waals surface area contributed by atoms with Crippen LogP contribution in [0.2, 0.25) is 5.02 Å². The molecule has 0 amide bonds. The Kier molecular flexibility index (Phi) is 4.24. The zero-order valence-electron chi connectivity index (χ0n) is 9.96. The number of hydrogen-bond donors (Lipinski definition) is 1. The summed E-state index contributed by atoms with van der Waals surface area (Å²) < 4.78 is 4.65. The Balaban J connectivity index is 2.30. The molecule has 2 heterocycles. The molecule has 19 heavy (non-hydrogen) atoms. The highest BCUT2D eigenvalue weighted by molar-refractivity contribution is 7.99. The number of esters is 1. The first kappa shape index (κ1) is 13.6. The Labute approximate surface area is 119 Å². The van der Waals surface area contributed by atoms with Crippen LogP contribution in [0.15, 0.2) is 40.6 Å². The quantitative estimate of drug-likeness (QED) is 0.877. The fraction of sp³-hybridized carbons (Fsp3) is 0.0833. The number of pyridine rings is 2. The first-order valence-electron chi connectivity index (χ1n) is 5.24. The number of nitrogens with zero attached hydrogens (tertiary/aromatic N) is 2. The van der Waals surface area contributed by atoms with Gasteiger partial charge in [-0.1, -0.05) is 11.6 Å². The molecule has 5 nitrogen and oxygen atoms in total. The van der Waals surface area contributed by atoms with Crippen molar-refractivity contribution in [3.8, 4) is 0 Å². The van der Waals surface area contributed by atoms with Crippen molar-refractivity contribution < 1.29 is 9.53 Å². The van der Waals surface area contributed by atoms with Crippen molar-refractivity contribution in [2.45, 2.75) is 10.1 Å². The Morgan fingerprint density at radius 2 is 2.16 bits per heavy atom. The van der Waals surface area contributed by atoms with Crippen LogP contribution in [0.3, 0.4) is 0 Å². The number of halogens is 1. The maximum atomic E-state index is 11.5. The molecule has 0 bridgehead atoms. The number of anilines is 1. The number of carbonyl (C=O) groups excluding carboxylic acids is 1. The monoisotopic (exact) mass is 295 g/mol. The molecule has 0 aromatic carbocycles. The lowest BCUT2D eigenvalue weighted by atomic mass is 10.2. The zero-order valence-corrected chi connectivity index (χ0v) is 11.5. The van der Waals surface area contributed by atoms with Crippen LogP contribution >= 0.6 is 23.4 Å². The summed E-state index contributed by atoms with van der Waals surface area (Å²) in [5.74, 6) is -0.495. The SMILES string of the molecule is COC(=O)c1ccnc(Sc2ccc(Cl)cn2)c1N. The van der Waals surface area contributed by atoms with Gasteiger partial charge in [0.25, 0.3) is 0 Å². The van der Waals surface area contributed by atoms with Crippen molar-refractivity contribution >= 4 is 35.0 Å². The van der Waals surface area contributed by atoms with Gasteiger partial charge in [-0.15, -0.1) is 0 Å². The summed E-state index contributed by atoms with van der Waals surface area (Å²) in [5.41, 5.74) is 6.46. The van der Waals surface area contributed by atoms with Gasteiger partial charge in [0.2, 0.25) is 0 Å². The highest BCUT2D eigenvalue weighted by atomic mass is 35.5. The van der Waals surface area contributed by atoms with Crippen molar-refractivity contribution in [3.05, 3.63) is 41.2 Å². The first-order chi connectivity index (χ1) is 9.11. The summed E-state index contributed by atoms with van der Waals surface area (Å²) in [6.07, 6.45) is 3.03. The van der Waals surface area contributed by atoms with Crippen LogP contribution in [0.4, 0.5) is 5.69 Å². The number of hydrogen-bond acceptors (Lipinski definition) is 6. The average molecular weight is 296 g/mol. The van der Waals surface area contributed by atoms with Gasteiger partial charge in [-0.05, 0) is 30.0 Å². The van der Waals surface area contributed by atoms with Crippen LogP contribution in [0.5, 0.6) is 0 Å². The molecule has 0 aliphatic carbocycles. The summed E-state index contributed by atoms with van der Waals surface area (Å²) in [6.45, 7) is 0. The van der Waals surface area contributed by atoms with Crippen LogP contribution in [0, 0.1) is 0 Å². The smallest absolute Gasteiger partial charge is 0.340 e. The van der Waals surface area contributed by atoms with Gasteiger partial charge in [0.1, 0.15) is 10.1 Å². The Hall–Kier alpha value is -1.79. The zero-order chi connectivity index (χ0) is 13.8. The minimum atomic E-state index is -0.495. The van der Waals surface area contributed by atoms with E-state index in [2.05, 4.69) is 14.7 Å². The molecular formula is C12H10ClN3O2S. The molecule has 0 fully saturated rings. The fourth-order valence-corrected chi connectivity index (χ4v) is 2.23. The molecule has 98 valence electrons. The third-order valence-corrected chi connectivity index (χ3v) is 3.45. The second-order valence-electron chi connectivity index (χ2n) is 3.49. The Morgan fingerprint density at radius 3 is 2.79 bits per heavy atom. The van der Waals surface area contributed by atoms with Gasteiger partial charge in [-0.25, -0.2) is 14.8 Å². The predicted molar refractivity (Wildman–Crippen MR) is 73.4 cm³/mol. The number of nitrogens with two attached hydrogens (primary N) is 1. The summed E-state index contributed by atoms with van der Waals surface area (Å²) in [4.78, 5) is 19.8. The Bertz CT molecular complexity index is 604. The lowest BCUT2D eigenvalue weighted by Crippen LogP contribution is -2.07. The molecule has 0 aliphatic rings. The van der Waals surface area contributed by atoms with Crippen LogP contribution in [0.1, 0.15) is 10.4 Å². The minimum absolute atomic E-state index is 0.274. The minimum Gasteiger partial charge on any atom is -0.465 e. The van der Waals surface area contributed by atoms with Crippen LogP contribution in [-0.2, 0) is 4.74 Å². The number of aromatic nitrogens is 2. The molecule has 2 aromatic heterocycles. The maximum absolute atomic E-state index is 11.5. The molecule has 0 saturated carbocycles. The lowest BCUT2D eigenvalue weighted by Gasteiger charge is -2.07. The predicted octanol–water partition coefficient (Wildman–Crippen LogP) is 2.65. The van der Waals surface area contributed by atoms with Crippen LogP contribution in [-0.4, -0.2) is 23.0 Å². The van der Waals surface area contributed by atoms with E-state index in [4.69, 9.17) is 17.3 Å². The number of rotatable bonds is 3. The molecule has 0 saturated heterocycles. The van der Waals surface area contributed by atoms with Gasteiger partial charge < -0.3 is 10.5 Å². The Morgan fingerprint density at radius 1 is 1.37 bits per heavy atom. The molecule has 0 radical (unpaired) electrons. The maximum Gasteiger partial charge on any atom is 0.340 e. The summed E-state index contributed by atoms with van der Waals surface area (Å²) in [5, 5.41) is 1.73. The lowest BCUT2D eigenvalue weighted by molar-refractivity contribution is 0.0601. The molecular weight excluding hydrogens is 286 g/mol. The molecule has 0 spiro atoms. The number of ether oxygens (including phenoxy) is 1. The molecule has 7 heteroatoms. The second kappa shape index (κ2) is 5.90. The van der Waals surface area contributed by atoms with Crippen LogP contribution in [0.25, 0.3) is 0 Å². The molecule has 0 aliphatic heterocycles. The molecule has 0 unspecified atom stereocenters. The highest BCUT2D eigenvalue weighted by Gasteiger charge is 2.14. The number of carbonyl (C=O) groups is 1. The summed E-state index contributed by atoms with van der Waals surface area (Å²) in [6, 6.07) is 4.98. The third-order valence-electron chi connectivity index (χ3n) is 2.26. The van der Waals surface area contributed by atoms with Crippen molar-refractivity contribution in [2.24, 2.45) is 0 Å². The topological polar surface area (TPSA) is 78.1 Å². The molecule has 2 N–H and O–H groups in total.